The second-order valence-electron chi connectivity index (χ2n) is 3.94. The van der Waals surface area contributed by atoms with Crippen molar-refractivity contribution < 1.29 is 8.42 Å². The maximum absolute atomic E-state index is 11.6. The van der Waals surface area contributed by atoms with Crippen molar-refractivity contribution in [3.63, 3.8) is 0 Å². The fourth-order valence-electron chi connectivity index (χ4n) is 1.80. The third-order valence-electron chi connectivity index (χ3n) is 2.72. The van der Waals surface area contributed by atoms with Crippen LogP contribution in [0, 0.1) is 0 Å². The summed E-state index contributed by atoms with van der Waals surface area (Å²) in [6, 6.07) is 0. The van der Waals surface area contributed by atoms with Gasteiger partial charge in [-0.3, -0.25) is 0 Å². The summed E-state index contributed by atoms with van der Waals surface area (Å²) in [6.07, 6.45) is 2.78. The van der Waals surface area contributed by atoms with Crippen molar-refractivity contribution in [2.24, 2.45) is 0 Å². The number of anilines is 2. The Labute approximate surface area is 105 Å². The first-order valence-corrected chi connectivity index (χ1v) is 7.32. The number of hydrogen-bond acceptors (Lipinski definition) is 6. The number of nitrogens with one attached hydrogen (secondary N) is 1. The van der Waals surface area contributed by atoms with E-state index in [-0.39, 0.29) is 17.0 Å². The molecule has 0 radical (unpaired) electrons. The fourth-order valence-corrected chi connectivity index (χ4v) is 3.73. The van der Waals surface area contributed by atoms with Crippen LogP contribution < -0.4 is 11.1 Å². The monoisotopic (exact) mass is 276 g/mol. The standard InChI is InChI=1S/C9H13ClN4O2S/c10-7-5-13-9(11)14-8(7)12-4-6-2-1-3-17(6,15)16/h5-6H,1-4H2,(H3,11,12,13,14). The molecular formula is C9H13ClN4O2S. The molecule has 1 aliphatic heterocycles. The van der Waals surface area contributed by atoms with Crippen LogP contribution in [0.2, 0.25) is 5.02 Å². The van der Waals surface area contributed by atoms with Crippen molar-refractivity contribution in [3.05, 3.63) is 11.2 Å². The van der Waals surface area contributed by atoms with Gasteiger partial charge in [-0.1, -0.05) is 11.6 Å². The molecule has 1 aromatic rings. The molecule has 0 saturated carbocycles. The summed E-state index contributed by atoms with van der Waals surface area (Å²) >= 11 is 5.86. The van der Waals surface area contributed by atoms with Crippen molar-refractivity contribution >= 4 is 33.2 Å². The van der Waals surface area contributed by atoms with Gasteiger partial charge in [-0.2, -0.15) is 4.98 Å². The highest BCUT2D eigenvalue weighted by Crippen LogP contribution is 2.22. The maximum Gasteiger partial charge on any atom is 0.222 e. The Morgan fingerprint density at radius 2 is 2.35 bits per heavy atom. The molecule has 8 heteroatoms. The van der Waals surface area contributed by atoms with Gasteiger partial charge in [-0.05, 0) is 12.8 Å². The van der Waals surface area contributed by atoms with E-state index in [9.17, 15) is 8.42 Å². The third-order valence-corrected chi connectivity index (χ3v) is 5.28. The summed E-state index contributed by atoms with van der Waals surface area (Å²) < 4.78 is 23.2. The molecule has 0 aliphatic carbocycles. The van der Waals surface area contributed by atoms with Crippen molar-refractivity contribution in [3.8, 4) is 0 Å². The van der Waals surface area contributed by atoms with E-state index in [4.69, 9.17) is 17.3 Å². The first-order valence-electron chi connectivity index (χ1n) is 5.22. The van der Waals surface area contributed by atoms with Crippen LogP contribution in [0.4, 0.5) is 11.8 Å². The van der Waals surface area contributed by atoms with Gasteiger partial charge >= 0.3 is 0 Å². The summed E-state index contributed by atoms with van der Waals surface area (Å²) in [5.41, 5.74) is 5.43. The second kappa shape index (κ2) is 4.66. The summed E-state index contributed by atoms with van der Waals surface area (Å²) in [7, 11) is -2.96. The van der Waals surface area contributed by atoms with Gasteiger partial charge in [-0.15, -0.1) is 0 Å². The highest BCUT2D eigenvalue weighted by atomic mass is 35.5. The molecule has 0 amide bonds. The summed E-state index contributed by atoms with van der Waals surface area (Å²) in [4.78, 5) is 7.63. The molecule has 2 heterocycles. The molecule has 1 unspecified atom stereocenters. The molecule has 1 fully saturated rings. The molecule has 1 aliphatic rings. The van der Waals surface area contributed by atoms with Gasteiger partial charge < -0.3 is 11.1 Å². The molecule has 2 rings (SSSR count). The highest BCUT2D eigenvalue weighted by Gasteiger charge is 2.31. The van der Waals surface area contributed by atoms with E-state index in [1.54, 1.807) is 0 Å². The van der Waals surface area contributed by atoms with Crippen LogP contribution in [0.15, 0.2) is 6.20 Å². The molecule has 0 spiro atoms. The van der Waals surface area contributed by atoms with E-state index < -0.39 is 9.84 Å². The minimum Gasteiger partial charge on any atom is -0.368 e. The van der Waals surface area contributed by atoms with Gasteiger partial charge in [-0.25, -0.2) is 13.4 Å². The molecule has 3 N–H and O–H groups in total. The van der Waals surface area contributed by atoms with Crippen LogP contribution in [0.25, 0.3) is 0 Å². The van der Waals surface area contributed by atoms with Crippen LogP contribution in [-0.2, 0) is 9.84 Å². The smallest absolute Gasteiger partial charge is 0.222 e. The molecular weight excluding hydrogens is 264 g/mol. The van der Waals surface area contributed by atoms with Crippen molar-refractivity contribution in [1.29, 1.82) is 0 Å². The first kappa shape index (κ1) is 12.4. The van der Waals surface area contributed by atoms with Gasteiger partial charge in [0.25, 0.3) is 0 Å². The number of rotatable bonds is 3. The van der Waals surface area contributed by atoms with Gasteiger partial charge in [0.2, 0.25) is 5.95 Å². The number of sulfone groups is 1. The predicted molar refractivity (Wildman–Crippen MR) is 66.8 cm³/mol. The summed E-state index contributed by atoms with van der Waals surface area (Å²) in [5.74, 6) is 0.742. The molecule has 6 nitrogen and oxygen atoms in total. The molecule has 1 saturated heterocycles. The van der Waals surface area contributed by atoms with Crippen molar-refractivity contribution in [2.75, 3.05) is 23.3 Å². The molecule has 1 atom stereocenters. The SMILES string of the molecule is Nc1ncc(Cl)c(NCC2CCCS2(=O)=O)n1. The van der Waals surface area contributed by atoms with Crippen molar-refractivity contribution in [2.45, 2.75) is 18.1 Å². The van der Waals surface area contributed by atoms with Crippen LogP contribution in [0.1, 0.15) is 12.8 Å². The average Bonchev–Trinajstić information content (AvgIpc) is 2.59. The van der Waals surface area contributed by atoms with Crippen LogP contribution >= 0.6 is 11.6 Å². The van der Waals surface area contributed by atoms with Crippen molar-refractivity contribution in [1.82, 2.24) is 9.97 Å². The lowest BCUT2D eigenvalue weighted by atomic mass is 10.2. The average molecular weight is 277 g/mol. The van der Waals surface area contributed by atoms with E-state index in [0.29, 0.717) is 30.2 Å². The Balaban J connectivity index is 2.05. The van der Waals surface area contributed by atoms with Crippen LogP contribution in [-0.4, -0.2) is 35.9 Å². The van der Waals surface area contributed by atoms with Crippen LogP contribution in [0.5, 0.6) is 0 Å². The lowest BCUT2D eigenvalue weighted by Gasteiger charge is -2.12. The highest BCUT2D eigenvalue weighted by molar-refractivity contribution is 7.92. The lowest BCUT2D eigenvalue weighted by molar-refractivity contribution is 0.591. The number of nitrogen functional groups attached to an aromatic ring is 1. The first-order chi connectivity index (χ1) is 7.99. The summed E-state index contributed by atoms with van der Waals surface area (Å²) in [5, 5.41) is 2.87. The molecule has 0 bridgehead atoms. The minimum absolute atomic E-state index is 0.103. The maximum atomic E-state index is 11.6. The lowest BCUT2D eigenvalue weighted by Crippen LogP contribution is -2.25. The molecule has 1 aromatic heterocycles. The van der Waals surface area contributed by atoms with Crippen LogP contribution in [0.3, 0.4) is 0 Å². The third kappa shape index (κ3) is 2.78. The normalized spacial score (nSPS) is 22.5. The Hall–Kier alpha value is -1.08. The molecule has 0 aromatic carbocycles. The number of hydrogen-bond donors (Lipinski definition) is 2. The topological polar surface area (TPSA) is 98.0 Å². The van der Waals surface area contributed by atoms with E-state index in [2.05, 4.69) is 15.3 Å². The van der Waals surface area contributed by atoms with E-state index in [1.165, 1.54) is 6.20 Å². The van der Waals surface area contributed by atoms with Gasteiger partial charge in [0.1, 0.15) is 5.02 Å². The predicted octanol–water partition coefficient (Wildman–Crippen LogP) is 0.701. The van der Waals surface area contributed by atoms with Gasteiger partial charge in [0, 0.05) is 6.54 Å². The number of nitrogens with two attached hydrogens (primary N) is 1. The largest absolute Gasteiger partial charge is 0.368 e. The second-order valence-corrected chi connectivity index (χ2v) is 6.74. The number of aromatic nitrogens is 2. The Morgan fingerprint density at radius 3 is 3.00 bits per heavy atom. The van der Waals surface area contributed by atoms with Gasteiger partial charge in [0.05, 0.1) is 17.2 Å². The number of nitrogens with zero attached hydrogens (tertiary/aromatic N) is 2. The Morgan fingerprint density at radius 1 is 1.59 bits per heavy atom. The Kier molecular flexibility index (Phi) is 3.39. The van der Waals surface area contributed by atoms with Gasteiger partial charge in [0.15, 0.2) is 15.7 Å². The van der Waals surface area contributed by atoms with E-state index in [0.717, 1.165) is 0 Å². The quantitative estimate of drug-likeness (QED) is 0.843. The van der Waals surface area contributed by atoms with E-state index in [1.807, 2.05) is 0 Å². The van der Waals surface area contributed by atoms with E-state index >= 15 is 0 Å². The summed E-state index contributed by atoms with van der Waals surface area (Å²) in [6.45, 7) is 0.304. The molecule has 17 heavy (non-hydrogen) atoms. The molecule has 94 valence electrons. The zero-order valence-electron chi connectivity index (χ0n) is 9.06. The zero-order valence-corrected chi connectivity index (χ0v) is 10.6. The zero-order chi connectivity index (χ0) is 12.5. The number of halogens is 1. The fraction of sp³-hybridized carbons (Fsp3) is 0.556. The minimum atomic E-state index is -2.96. The Bertz CT molecular complexity index is 520.